The first-order chi connectivity index (χ1) is 12.1. The van der Waals surface area contributed by atoms with Gasteiger partial charge in [-0.1, -0.05) is 0 Å². The fourth-order valence-electron chi connectivity index (χ4n) is 2.58. The van der Waals surface area contributed by atoms with Crippen LogP contribution < -0.4 is 5.32 Å². The number of fused-ring (bicyclic) bond motifs is 1. The quantitative estimate of drug-likeness (QED) is 0.673. The molecule has 132 valence electrons. The first-order valence-corrected chi connectivity index (χ1v) is 8.06. The normalized spacial score (nSPS) is 11.2. The zero-order chi connectivity index (χ0) is 17.8. The maximum atomic E-state index is 12.4. The molecule has 9 nitrogen and oxygen atoms in total. The van der Waals surface area contributed by atoms with Crippen molar-refractivity contribution in [3.63, 3.8) is 0 Å². The van der Waals surface area contributed by atoms with E-state index < -0.39 is 0 Å². The van der Waals surface area contributed by atoms with Crippen molar-refractivity contribution in [2.45, 2.75) is 26.8 Å². The molecule has 0 spiro atoms. The first-order valence-electron chi connectivity index (χ1n) is 8.06. The molecular weight excluding hydrogens is 322 g/mol. The minimum Gasteiger partial charge on any atom is -0.383 e. The lowest BCUT2D eigenvalue weighted by atomic mass is 10.3. The highest BCUT2D eigenvalue weighted by Gasteiger charge is 2.12. The molecule has 0 unspecified atom stereocenters. The second kappa shape index (κ2) is 7.39. The van der Waals surface area contributed by atoms with Crippen molar-refractivity contribution in [2.75, 3.05) is 20.3 Å². The Kier molecular flexibility index (Phi) is 5.03. The fourth-order valence-corrected chi connectivity index (χ4v) is 2.58. The summed E-state index contributed by atoms with van der Waals surface area (Å²) in [6.07, 6.45) is 2.25. The molecule has 0 atom stereocenters. The number of rotatable bonds is 7. The fraction of sp³-hybridized carbons (Fsp3) is 0.438. The minimum absolute atomic E-state index is 0.215. The van der Waals surface area contributed by atoms with Gasteiger partial charge in [-0.15, -0.1) is 10.2 Å². The van der Waals surface area contributed by atoms with Crippen molar-refractivity contribution in [1.29, 1.82) is 0 Å². The Bertz CT molecular complexity index is 884. The lowest BCUT2D eigenvalue weighted by Gasteiger charge is -2.08. The molecule has 0 aromatic carbocycles. The first kappa shape index (κ1) is 17.0. The van der Waals surface area contributed by atoms with Crippen LogP contribution in [0, 0.1) is 13.8 Å². The van der Waals surface area contributed by atoms with Gasteiger partial charge in [-0.3, -0.25) is 4.79 Å². The molecule has 0 radical (unpaired) electrons. The van der Waals surface area contributed by atoms with Gasteiger partial charge < -0.3 is 14.6 Å². The summed E-state index contributed by atoms with van der Waals surface area (Å²) in [5, 5.41) is 15.2. The number of methoxy groups -OCH3 is 1. The second-order valence-corrected chi connectivity index (χ2v) is 5.78. The molecule has 3 heterocycles. The van der Waals surface area contributed by atoms with Crippen molar-refractivity contribution in [1.82, 2.24) is 34.7 Å². The molecule has 0 bridgehead atoms. The Balaban J connectivity index is 1.62. The molecule has 9 heteroatoms. The number of ether oxygens (including phenoxy) is 1. The van der Waals surface area contributed by atoms with E-state index in [4.69, 9.17) is 4.74 Å². The van der Waals surface area contributed by atoms with Crippen molar-refractivity contribution in [3.05, 3.63) is 41.4 Å². The number of amides is 1. The van der Waals surface area contributed by atoms with Crippen LogP contribution in [0.3, 0.4) is 0 Å². The molecule has 25 heavy (non-hydrogen) atoms. The van der Waals surface area contributed by atoms with E-state index >= 15 is 0 Å². The van der Waals surface area contributed by atoms with Crippen molar-refractivity contribution in [2.24, 2.45) is 0 Å². The molecule has 0 aliphatic carbocycles. The molecule has 1 amide bonds. The molecule has 3 aromatic rings. The van der Waals surface area contributed by atoms with E-state index in [0.717, 1.165) is 17.2 Å². The monoisotopic (exact) mass is 343 g/mol. The van der Waals surface area contributed by atoms with E-state index in [1.54, 1.807) is 24.0 Å². The van der Waals surface area contributed by atoms with Gasteiger partial charge in [-0.2, -0.15) is 5.10 Å². The highest BCUT2D eigenvalue weighted by molar-refractivity contribution is 5.92. The average molecular weight is 343 g/mol. The van der Waals surface area contributed by atoms with E-state index in [2.05, 4.69) is 25.6 Å². The van der Waals surface area contributed by atoms with Crippen LogP contribution in [0.4, 0.5) is 0 Å². The number of hydrogen-bond acceptors (Lipinski definition) is 6. The van der Waals surface area contributed by atoms with Crippen LogP contribution in [0.5, 0.6) is 0 Å². The van der Waals surface area contributed by atoms with Crippen LogP contribution in [0.1, 0.15) is 27.7 Å². The lowest BCUT2D eigenvalue weighted by Crippen LogP contribution is -2.27. The Morgan fingerprint density at radius 1 is 1.32 bits per heavy atom. The smallest absolute Gasteiger partial charge is 0.270 e. The minimum atomic E-state index is -0.215. The Labute approximate surface area is 145 Å². The van der Waals surface area contributed by atoms with Gasteiger partial charge in [-0.25, -0.2) is 9.50 Å². The molecule has 3 aromatic heterocycles. The summed E-state index contributed by atoms with van der Waals surface area (Å²) in [5.41, 5.74) is 2.78. The van der Waals surface area contributed by atoms with Crippen molar-refractivity contribution >= 4 is 11.6 Å². The third kappa shape index (κ3) is 3.82. The van der Waals surface area contributed by atoms with E-state index in [-0.39, 0.29) is 5.91 Å². The van der Waals surface area contributed by atoms with Gasteiger partial charge in [0.05, 0.1) is 12.3 Å². The lowest BCUT2D eigenvalue weighted by molar-refractivity contribution is 0.0949. The maximum absolute atomic E-state index is 12.4. The third-order valence-corrected chi connectivity index (χ3v) is 3.83. The number of nitrogens with one attached hydrogen (secondary N) is 1. The molecule has 0 saturated heterocycles. The van der Waals surface area contributed by atoms with Crippen LogP contribution in [0.15, 0.2) is 18.5 Å². The van der Waals surface area contributed by atoms with Gasteiger partial charge in [0.25, 0.3) is 5.91 Å². The van der Waals surface area contributed by atoms with Crippen LogP contribution in [0.2, 0.25) is 0 Å². The molecule has 0 aliphatic heterocycles. The summed E-state index contributed by atoms with van der Waals surface area (Å²) in [6, 6.07) is 3.58. The number of nitrogens with zero attached hydrogens (tertiary/aromatic N) is 6. The van der Waals surface area contributed by atoms with E-state index in [1.165, 1.54) is 0 Å². The van der Waals surface area contributed by atoms with Gasteiger partial charge in [0.1, 0.15) is 17.8 Å². The molecular formula is C16H21N7O2. The van der Waals surface area contributed by atoms with E-state index in [0.29, 0.717) is 37.5 Å². The highest BCUT2D eigenvalue weighted by atomic mass is 16.5. The van der Waals surface area contributed by atoms with Gasteiger partial charge in [-0.05, 0) is 19.9 Å². The Hall–Kier alpha value is -2.81. The van der Waals surface area contributed by atoms with Gasteiger partial charge in [0.2, 0.25) is 0 Å². The summed E-state index contributed by atoms with van der Waals surface area (Å²) in [7, 11) is 1.65. The molecule has 0 aliphatic rings. The van der Waals surface area contributed by atoms with Crippen LogP contribution in [0.25, 0.3) is 5.65 Å². The maximum Gasteiger partial charge on any atom is 0.270 e. The van der Waals surface area contributed by atoms with E-state index in [9.17, 15) is 4.79 Å². The molecule has 1 N–H and O–H groups in total. The Morgan fingerprint density at radius 3 is 2.96 bits per heavy atom. The summed E-state index contributed by atoms with van der Waals surface area (Å²) in [4.78, 5) is 16.7. The largest absolute Gasteiger partial charge is 0.383 e. The summed E-state index contributed by atoms with van der Waals surface area (Å²) < 4.78 is 8.70. The van der Waals surface area contributed by atoms with Crippen molar-refractivity contribution < 1.29 is 9.53 Å². The second-order valence-electron chi connectivity index (χ2n) is 5.78. The topological polar surface area (TPSA) is 99.2 Å². The summed E-state index contributed by atoms with van der Waals surface area (Å²) in [5.74, 6) is 0.593. The number of hydrogen-bond donors (Lipinski definition) is 1. The van der Waals surface area contributed by atoms with Gasteiger partial charge in [0, 0.05) is 38.4 Å². The van der Waals surface area contributed by atoms with Crippen LogP contribution >= 0.6 is 0 Å². The van der Waals surface area contributed by atoms with E-state index in [1.807, 2.05) is 24.5 Å². The summed E-state index contributed by atoms with van der Waals surface area (Å²) in [6.45, 7) is 5.52. The number of aryl methyl sites for hydroxylation is 2. The highest BCUT2D eigenvalue weighted by Crippen LogP contribution is 2.09. The molecule has 0 fully saturated rings. The zero-order valence-corrected chi connectivity index (χ0v) is 14.6. The zero-order valence-electron chi connectivity index (χ0n) is 14.6. The predicted octanol–water partition coefficient (Wildman–Crippen LogP) is 0.557. The van der Waals surface area contributed by atoms with Gasteiger partial charge in [0.15, 0.2) is 5.65 Å². The SMILES string of the molecule is COCCn1cnnc1CCNC(=O)c1cc(C)n2nc(C)cc2n1. The number of carbonyl (C=O) groups is 1. The average Bonchev–Trinajstić information content (AvgIpc) is 3.18. The number of carbonyl (C=O) groups excluding carboxylic acids is 1. The standard InChI is InChI=1S/C16H21N7O2/c1-11-8-15-19-13(9-12(2)23(15)21-11)16(24)17-5-4-14-20-18-10-22(14)6-7-25-3/h8-10H,4-7H2,1-3H3,(H,17,24). The third-order valence-electron chi connectivity index (χ3n) is 3.83. The Morgan fingerprint density at radius 2 is 2.16 bits per heavy atom. The van der Waals surface area contributed by atoms with Crippen LogP contribution in [-0.2, 0) is 17.7 Å². The summed E-state index contributed by atoms with van der Waals surface area (Å²) >= 11 is 0. The molecule has 3 rings (SSSR count). The predicted molar refractivity (Wildman–Crippen MR) is 90.4 cm³/mol. The van der Waals surface area contributed by atoms with Crippen LogP contribution in [-0.4, -0.2) is 55.5 Å². The number of aromatic nitrogens is 6. The van der Waals surface area contributed by atoms with Gasteiger partial charge >= 0.3 is 0 Å². The van der Waals surface area contributed by atoms with Crippen molar-refractivity contribution in [3.8, 4) is 0 Å². The molecule has 0 saturated carbocycles.